The fraction of sp³-hybridized carbons (Fsp3) is 0.316. The van der Waals surface area contributed by atoms with Gasteiger partial charge in [0, 0.05) is 30.7 Å². The standard InChI is InChI=1S/C19H20ClN7O/c20-16-6-2-1-4-14(16)9-22-19(28)15-5-3-7-26(10-15)17-8-18(24-12-23-17)27-13-21-11-25-27/h1-2,4,6,8,11-13,15H,3,5,7,9-10H2,(H,22,28)/t15-/m1/s1. The van der Waals surface area contributed by atoms with Gasteiger partial charge in [0.1, 0.15) is 24.8 Å². The maximum absolute atomic E-state index is 12.7. The van der Waals surface area contributed by atoms with E-state index in [-0.39, 0.29) is 11.8 Å². The van der Waals surface area contributed by atoms with Crippen LogP contribution in [-0.2, 0) is 11.3 Å². The Bertz CT molecular complexity index is 947. The van der Waals surface area contributed by atoms with E-state index >= 15 is 0 Å². The molecule has 0 spiro atoms. The highest BCUT2D eigenvalue weighted by molar-refractivity contribution is 6.31. The number of rotatable bonds is 5. The summed E-state index contributed by atoms with van der Waals surface area (Å²) in [5.41, 5.74) is 0.915. The molecule has 0 saturated carbocycles. The summed E-state index contributed by atoms with van der Waals surface area (Å²) >= 11 is 6.17. The van der Waals surface area contributed by atoms with E-state index in [0.717, 1.165) is 30.8 Å². The minimum absolute atomic E-state index is 0.0372. The maximum Gasteiger partial charge on any atom is 0.225 e. The number of benzene rings is 1. The van der Waals surface area contributed by atoms with Crippen LogP contribution in [0.3, 0.4) is 0 Å². The summed E-state index contributed by atoms with van der Waals surface area (Å²) in [7, 11) is 0. The monoisotopic (exact) mass is 397 g/mol. The van der Waals surface area contributed by atoms with E-state index in [1.54, 1.807) is 11.0 Å². The van der Waals surface area contributed by atoms with Crippen LogP contribution in [0.25, 0.3) is 5.82 Å². The number of hydrogen-bond donors (Lipinski definition) is 1. The molecular formula is C19H20ClN7O. The molecule has 9 heteroatoms. The molecule has 2 aromatic heterocycles. The Labute approximate surface area is 167 Å². The highest BCUT2D eigenvalue weighted by atomic mass is 35.5. The van der Waals surface area contributed by atoms with Crippen LogP contribution < -0.4 is 10.2 Å². The summed E-state index contributed by atoms with van der Waals surface area (Å²) in [6, 6.07) is 9.40. The van der Waals surface area contributed by atoms with E-state index < -0.39 is 0 Å². The third-order valence-electron chi connectivity index (χ3n) is 4.82. The smallest absolute Gasteiger partial charge is 0.225 e. The third kappa shape index (κ3) is 4.12. The van der Waals surface area contributed by atoms with Gasteiger partial charge in [0.05, 0.1) is 5.92 Å². The molecule has 1 N–H and O–H groups in total. The van der Waals surface area contributed by atoms with Gasteiger partial charge in [0.25, 0.3) is 0 Å². The summed E-state index contributed by atoms with van der Waals surface area (Å²) < 4.78 is 1.59. The Balaban J connectivity index is 1.41. The number of nitrogens with zero attached hydrogens (tertiary/aromatic N) is 6. The van der Waals surface area contributed by atoms with Crippen molar-refractivity contribution in [3.8, 4) is 5.82 Å². The molecule has 1 fully saturated rings. The van der Waals surface area contributed by atoms with Crippen molar-refractivity contribution in [3.63, 3.8) is 0 Å². The molecule has 1 saturated heterocycles. The summed E-state index contributed by atoms with van der Waals surface area (Å²) in [6.07, 6.45) is 6.33. The quantitative estimate of drug-likeness (QED) is 0.710. The van der Waals surface area contributed by atoms with Gasteiger partial charge < -0.3 is 10.2 Å². The SMILES string of the molecule is O=C(NCc1ccccc1Cl)[C@@H]1CCCN(c2cc(-n3cncn3)ncn2)C1. The summed E-state index contributed by atoms with van der Waals surface area (Å²) in [5.74, 6) is 1.37. The molecule has 1 amide bonds. The molecule has 1 aliphatic heterocycles. The number of carbonyl (C=O) groups excluding carboxylic acids is 1. The summed E-state index contributed by atoms with van der Waals surface area (Å²) in [5, 5.41) is 7.77. The first-order valence-corrected chi connectivity index (χ1v) is 9.51. The molecule has 144 valence electrons. The normalized spacial score (nSPS) is 16.8. The summed E-state index contributed by atoms with van der Waals surface area (Å²) in [6.45, 7) is 1.89. The van der Waals surface area contributed by atoms with Gasteiger partial charge in [-0.2, -0.15) is 5.10 Å². The van der Waals surface area contributed by atoms with Gasteiger partial charge in [-0.25, -0.2) is 19.6 Å². The fourth-order valence-electron chi connectivity index (χ4n) is 3.33. The van der Waals surface area contributed by atoms with Crippen molar-refractivity contribution in [1.29, 1.82) is 0 Å². The molecule has 4 rings (SSSR count). The van der Waals surface area contributed by atoms with Crippen molar-refractivity contribution in [1.82, 2.24) is 30.0 Å². The van der Waals surface area contributed by atoms with Crippen LogP contribution in [0.15, 0.2) is 49.3 Å². The van der Waals surface area contributed by atoms with Crippen LogP contribution in [0.2, 0.25) is 5.02 Å². The van der Waals surface area contributed by atoms with E-state index in [2.05, 4.69) is 30.3 Å². The number of piperidine rings is 1. The molecule has 8 nitrogen and oxygen atoms in total. The molecule has 0 radical (unpaired) electrons. The van der Waals surface area contributed by atoms with Crippen molar-refractivity contribution in [2.24, 2.45) is 5.92 Å². The Kier molecular flexibility index (Phi) is 5.48. The largest absolute Gasteiger partial charge is 0.356 e. The van der Waals surface area contributed by atoms with Crippen molar-refractivity contribution < 1.29 is 4.79 Å². The average molecular weight is 398 g/mol. The van der Waals surface area contributed by atoms with Gasteiger partial charge in [-0.3, -0.25) is 4.79 Å². The summed E-state index contributed by atoms with van der Waals surface area (Å²) in [4.78, 5) is 27.3. The van der Waals surface area contributed by atoms with E-state index in [0.29, 0.717) is 23.9 Å². The predicted octanol–water partition coefficient (Wildman–Crippen LogP) is 2.24. The Morgan fingerprint density at radius 1 is 1.21 bits per heavy atom. The number of hydrogen-bond acceptors (Lipinski definition) is 6. The highest BCUT2D eigenvalue weighted by Gasteiger charge is 2.26. The number of aromatic nitrogens is 5. The van der Waals surface area contributed by atoms with E-state index in [1.165, 1.54) is 12.7 Å². The number of anilines is 1. The topological polar surface area (TPSA) is 88.8 Å². The molecule has 0 unspecified atom stereocenters. The maximum atomic E-state index is 12.7. The fourth-order valence-corrected chi connectivity index (χ4v) is 3.53. The Morgan fingerprint density at radius 3 is 2.89 bits per heavy atom. The zero-order chi connectivity index (χ0) is 19.3. The highest BCUT2D eigenvalue weighted by Crippen LogP contribution is 2.23. The van der Waals surface area contributed by atoms with Gasteiger partial charge in [0.15, 0.2) is 5.82 Å². The lowest BCUT2D eigenvalue weighted by molar-refractivity contribution is -0.125. The van der Waals surface area contributed by atoms with E-state index in [4.69, 9.17) is 11.6 Å². The van der Waals surface area contributed by atoms with Crippen LogP contribution >= 0.6 is 11.6 Å². The molecular weight excluding hydrogens is 378 g/mol. The lowest BCUT2D eigenvalue weighted by atomic mass is 9.97. The Hall–Kier alpha value is -3.00. The number of amides is 1. The lowest BCUT2D eigenvalue weighted by Gasteiger charge is -2.32. The van der Waals surface area contributed by atoms with Crippen LogP contribution in [0.1, 0.15) is 18.4 Å². The first kappa shape index (κ1) is 18.4. The Morgan fingerprint density at radius 2 is 2.07 bits per heavy atom. The lowest BCUT2D eigenvalue weighted by Crippen LogP contribution is -2.43. The second-order valence-corrected chi connectivity index (χ2v) is 7.08. The van der Waals surface area contributed by atoms with Crippen LogP contribution in [0.5, 0.6) is 0 Å². The third-order valence-corrected chi connectivity index (χ3v) is 5.19. The number of nitrogens with one attached hydrogen (secondary N) is 1. The molecule has 3 aromatic rings. The van der Waals surface area contributed by atoms with Crippen molar-refractivity contribution in [2.45, 2.75) is 19.4 Å². The molecule has 0 aliphatic carbocycles. The molecule has 28 heavy (non-hydrogen) atoms. The zero-order valence-electron chi connectivity index (χ0n) is 15.2. The van der Waals surface area contributed by atoms with E-state index in [1.807, 2.05) is 30.3 Å². The average Bonchev–Trinajstić information content (AvgIpc) is 3.28. The predicted molar refractivity (Wildman–Crippen MR) is 105 cm³/mol. The molecule has 1 atom stereocenters. The molecule has 1 aromatic carbocycles. The van der Waals surface area contributed by atoms with Crippen molar-refractivity contribution in [2.75, 3.05) is 18.0 Å². The van der Waals surface area contributed by atoms with E-state index in [9.17, 15) is 4.79 Å². The number of carbonyl (C=O) groups is 1. The van der Waals surface area contributed by atoms with Gasteiger partial charge in [-0.05, 0) is 24.5 Å². The molecule has 1 aliphatic rings. The first-order valence-electron chi connectivity index (χ1n) is 9.14. The second kappa shape index (κ2) is 8.35. The van der Waals surface area contributed by atoms with Gasteiger partial charge >= 0.3 is 0 Å². The molecule has 3 heterocycles. The van der Waals surface area contributed by atoms with Crippen LogP contribution in [-0.4, -0.2) is 43.7 Å². The van der Waals surface area contributed by atoms with Gasteiger partial charge in [-0.1, -0.05) is 29.8 Å². The van der Waals surface area contributed by atoms with Gasteiger partial charge in [0.2, 0.25) is 5.91 Å². The van der Waals surface area contributed by atoms with Crippen molar-refractivity contribution in [3.05, 3.63) is 59.9 Å². The minimum Gasteiger partial charge on any atom is -0.356 e. The second-order valence-electron chi connectivity index (χ2n) is 6.67. The van der Waals surface area contributed by atoms with Crippen LogP contribution in [0, 0.1) is 5.92 Å². The van der Waals surface area contributed by atoms with Crippen LogP contribution in [0.4, 0.5) is 5.82 Å². The molecule has 0 bridgehead atoms. The minimum atomic E-state index is -0.0963. The first-order chi connectivity index (χ1) is 13.7. The zero-order valence-corrected chi connectivity index (χ0v) is 16.0. The van der Waals surface area contributed by atoms with Gasteiger partial charge in [-0.15, -0.1) is 0 Å². The number of halogens is 1. The van der Waals surface area contributed by atoms with Crippen molar-refractivity contribution >= 4 is 23.3 Å².